The highest BCUT2D eigenvalue weighted by atomic mass is 32.2. The first-order valence-electron chi connectivity index (χ1n) is 7.87. The second-order valence-corrected chi connectivity index (χ2v) is 8.11. The summed E-state index contributed by atoms with van der Waals surface area (Å²) in [5.74, 6) is -0.0138. The molecule has 1 saturated heterocycles. The third-order valence-electron chi connectivity index (χ3n) is 4.43. The second-order valence-electron chi connectivity index (χ2n) is 6.20. The van der Waals surface area contributed by atoms with Crippen LogP contribution in [0, 0.1) is 0 Å². The van der Waals surface area contributed by atoms with E-state index >= 15 is 0 Å². The van der Waals surface area contributed by atoms with E-state index in [2.05, 4.69) is 0 Å². The Balaban J connectivity index is 1.90. The van der Waals surface area contributed by atoms with Gasteiger partial charge in [-0.05, 0) is 43.5 Å². The van der Waals surface area contributed by atoms with Gasteiger partial charge < -0.3 is 9.64 Å². The summed E-state index contributed by atoms with van der Waals surface area (Å²) < 4.78 is 30.6. The molecule has 7 heteroatoms. The van der Waals surface area contributed by atoms with Crippen molar-refractivity contribution in [3.63, 3.8) is 0 Å². The van der Waals surface area contributed by atoms with E-state index in [1.165, 1.54) is 10.6 Å². The minimum Gasteiger partial charge on any atom is -0.377 e. The van der Waals surface area contributed by atoms with E-state index in [0.29, 0.717) is 37.6 Å². The van der Waals surface area contributed by atoms with Crippen molar-refractivity contribution in [1.29, 1.82) is 0 Å². The lowest BCUT2D eigenvalue weighted by atomic mass is 10.00. The first kappa shape index (κ1) is 16.3. The third kappa shape index (κ3) is 3.21. The molecule has 0 aromatic heterocycles. The van der Waals surface area contributed by atoms with E-state index in [0.717, 1.165) is 18.4 Å². The van der Waals surface area contributed by atoms with Crippen LogP contribution in [0.1, 0.15) is 29.3 Å². The zero-order chi connectivity index (χ0) is 16.6. The fourth-order valence-corrected chi connectivity index (χ4v) is 4.23. The van der Waals surface area contributed by atoms with Crippen LogP contribution in [0.15, 0.2) is 18.2 Å². The number of nitrogens with zero attached hydrogens (tertiary/aromatic N) is 2. The van der Waals surface area contributed by atoms with Gasteiger partial charge >= 0.3 is 0 Å². The molecule has 2 aliphatic heterocycles. The van der Waals surface area contributed by atoms with Gasteiger partial charge in [-0.3, -0.25) is 9.10 Å². The van der Waals surface area contributed by atoms with Gasteiger partial charge in [0.15, 0.2) is 0 Å². The Hall–Kier alpha value is -1.60. The van der Waals surface area contributed by atoms with Crippen LogP contribution in [0.3, 0.4) is 0 Å². The number of fused-ring (bicyclic) bond motifs is 1. The number of carbonyl (C=O) groups is 1. The van der Waals surface area contributed by atoms with Gasteiger partial charge in [0.2, 0.25) is 10.0 Å². The van der Waals surface area contributed by atoms with E-state index in [1.807, 2.05) is 17.9 Å². The molecule has 0 saturated carbocycles. The molecule has 0 aliphatic carbocycles. The summed E-state index contributed by atoms with van der Waals surface area (Å²) in [6.07, 6.45) is 2.78. The summed E-state index contributed by atoms with van der Waals surface area (Å²) >= 11 is 0. The van der Waals surface area contributed by atoms with Crippen LogP contribution < -0.4 is 4.31 Å². The van der Waals surface area contributed by atoms with Crippen molar-refractivity contribution in [2.75, 3.05) is 36.9 Å². The molecule has 1 aromatic carbocycles. The highest BCUT2D eigenvalue weighted by Gasteiger charge is 2.28. The number of amides is 1. The molecule has 0 bridgehead atoms. The highest BCUT2D eigenvalue weighted by molar-refractivity contribution is 7.92. The molecule has 0 spiro atoms. The largest absolute Gasteiger partial charge is 0.377 e. The van der Waals surface area contributed by atoms with Gasteiger partial charge in [-0.15, -0.1) is 0 Å². The van der Waals surface area contributed by atoms with E-state index in [4.69, 9.17) is 4.74 Å². The number of hydrogen-bond acceptors (Lipinski definition) is 4. The normalized spacial score (nSPS) is 21.9. The van der Waals surface area contributed by atoms with E-state index < -0.39 is 10.0 Å². The first-order chi connectivity index (χ1) is 10.9. The van der Waals surface area contributed by atoms with Crippen LogP contribution in [0.4, 0.5) is 5.69 Å². The Morgan fingerprint density at radius 3 is 2.78 bits per heavy atom. The first-order valence-corrected chi connectivity index (χ1v) is 9.72. The number of carbonyl (C=O) groups excluding carboxylic acids is 1. The van der Waals surface area contributed by atoms with Crippen molar-refractivity contribution in [3.05, 3.63) is 29.3 Å². The van der Waals surface area contributed by atoms with E-state index in [-0.39, 0.29) is 11.9 Å². The summed E-state index contributed by atoms with van der Waals surface area (Å²) in [5.41, 5.74) is 2.24. The molecule has 1 aromatic rings. The summed E-state index contributed by atoms with van der Waals surface area (Å²) in [4.78, 5) is 14.5. The molecule has 1 amide bonds. The van der Waals surface area contributed by atoms with Gasteiger partial charge in [0.1, 0.15) is 0 Å². The maximum Gasteiger partial charge on any atom is 0.254 e. The van der Waals surface area contributed by atoms with Gasteiger partial charge in [0, 0.05) is 18.7 Å². The molecule has 23 heavy (non-hydrogen) atoms. The molecule has 1 atom stereocenters. The van der Waals surface area contributed by atoms with Crippen LogP contribution >= 0.6 is 0 Å². The molecular weight excluding hydrogens is 316 g/mol. The average molecular weight is 338 g/mol. The lowest BCUT2D eigenvalue weighted by Gasteiger charge is -2.34. The zero-order valence-electron chi connectivity index (χ0n) is 13.5. The van der Waals surface area contributed by atoms with Gasteiger partial charge in [-0.25, -0.2) is 8.42 Å². The van der Waals surface area contributed by atoms with Crippen LogP contribution in [0.25, 0.3) is 0 Å². The number of morpholine rings is 1. The maximum atomic E-state index is 12.7. The summed E-state index contributed by atoms with van der Waals surface area (Å²) in [7, 11) is -3.28. The molecule has 0 radical (unpaired) electrons. The van der Waals surface area contributed by atoms with Crippen molar-refractivity contribution in [3.8, 4) is 0 Å². The van der Waals surface area contributed by atoms with Crippen molar-refractivity contribution < 1.29 is 17.9 Å². The monoisotopic (exact) mass is 338 g/mol. The Kier molecular flexibility index (Phi) is 4.33. The second kappa shape index (κ2) is 6.13. The van der Waals surface area contributed by atoms with Crippen LogP contribution in [0.5, 0.6) is 0 Å². The van der Waals surface area contributed by atoms with Crippen LogP contribution in [-0.2, 0) is 21.2 Å². The Bertz CT molecular complexity index is 717. The van der Waals surface area contributed by atoms with Crippen LogP contribution in [0.2, 0.25) is 0 Å². The van der Waals surface area contributed by atoms with Gasteiger partial charge in [0.05, 0.1) is 31.2 Å². The molecule has 1 fully saturated rings. The number of ether oxygens (including phenoxy) is 1. The molecular formula is C16H22N2O4S. The van der Waals surface area contributed by atoms with Gasteiger partial charge in [0.25, 0.3) is 5.91 Å². The number of rotatable bonds is 2. The molecule has 3 rings (SSSR count). The highest BCUT2D eigenvalue weighted by Crippen LogP contribution is 2.30. The minimum atomic E-state index is -3.28. The topological polar surface area (TPSA) is 66.9 Å². The van der Waals surface area contributed by atoms with Crippen molar-refractivity contribution in [1.82, 2.24) is 4.90 Å². The van der Waals surface area contributed by atoms with Crippen molar-refractivity contribution in [2.45, 2.75) is 25.8 Å². The average Bonchev–Trinajstić information content (AvgIpc) is 2.52. The maximum absolute atomic E-state index is 12.7. The molecule has 126 valence electrons. The summed E-state index contributed by atoms with van der Waals surface area (Å²) in [6.45, 7) is 4.18. The van der Waals surface area contributed by atoms with Crippen molar-refractivity contribution in [2.24, 2.45) is 0 Å². The smallest absolute Gasteiger partial charge is 0.254 e. The predicted octanol–water partition coefficient (Wildman–Crippen LogP) is 1.26. The Labute approximate surface area is 137 Å². The fourth-order valence-electron chi connectivity index (χ4n) is 3.23. The standard InChI is InChI=1S/C16H22N2O4S/c1-12-11-22-9-8-17(12)16(19)14-5-6-15-13(10-14)4-3-7-18(15)23(2,20)21/h5-6,10,12H,3-4,7-9,11H2,1-2H3/t12-/m1/s1. The summed E-state index contributed by atoms with van der Waals surface area (Å²) in [6, 6.07) is 5.39. The van der Waals surface area contributed by atoms with E-state index in [1.54, 1.807) is 12.1 Å². The van der Waals surface area contributed by atoms with E-state index in [9.17, 15) is 13.2 Å². The number of hydrogen-bond donors (Lipinski definition) is 0. The third-order valence-corrected chi connectivity index (χ3v) is 5.61. The summed E-state index contributed by atoms with van der Waals surface area (Å²) in [5, 5.41) is 0. The lowest BCUT2D eigenvalue weighted by Crippen LogP contribution is -2.47. The van der Waals surface area contributed by atoms with Crippen molar-refractivity contribution >= 4 is 21.6 Å². The Morgan fingerprint density at radius 1 is 1.30 bits per heavy atom. The number of benzene rings is 1. The number of anilines is 1. The fraction of sp³-hybridized carbons (Fsp3) is 0.562. The quantitative estimate of drug-likeness (QED) is 0.814. The molecule has 0 unspecified atom stereocenters. The lowest BCUT2D eigenvalue weighted by molar-refractivity contribution is 0.00359. The molecule has 0 N–H and O–H groups in total. The molecule has 2 heterocycles. The SMILES string of the molecule is C[C@@H]1COCCN1C(=O)c1ccc2c(c1)CCCN2S(C)(=O)=O. The predicted molar refractivity (Wildman–Crippen MR) is 88.3 cm³/mol. The Morgan fingerprint density at radius 2 is 2.09 bits per heavy atom. The molecule has 2 aliphatic rings. The number of sulfonamides is 1. The number of aryl methyl sites for hydroxylation is 1. The molecule has 6 nitrogen and oxygen atoms in total. The van der Waals surface area contributed by atoms with Crippen LogP contribution in [-0.4, -0.2) is 57.8 Å². The zero-order valence-corrected chi connectivity index (χ0v) is 14.3. The van der Waals surface area contributed by atoms with Gasteiger partial charge in [-0.1, -0.05) is 0 Å². The minimum absolute atomic E-state index is 0.0138. The van der Waals surface area contributed by atoms with Gasteiger partial charge in [-0.2, -0.15) is 0 Å².